The first-order valence-electron chi connectivity index (χ1n) is 7.08. The molecule has 0 bridgehead atoms. The molecule has 0 aliphatic heterocycles. The number of anilines is 1. The lowest BCUT2D eigenvalue weighted by Gasteiger charge is -2.16. The molecule has 5 nitrogen and oxygen atoms in total. The number of hydrogen-bond donors (Lipinski definition) is 2. The van der Waals surface area contributed by atoms with Crippen LogP contribution in [0.4, 0.5) is 18.9 Å². The molecule has 0 spiro atoms. The van der Waals surface area contributed by atoms with Gasteiger partial charge in [0.25, 0.3) is 5.56 Å². The zero-order chi connectivity index (χ0) is 17.7. The number of hydrogen-bond acceptors (Lipinski definition) is 3. The average molecular weight is 339 g/mol. The van der Waals surface area contributed by atoms with Gasteiger partial charge in [0.1, 0.15) is 5.69 Å². The topological polar surface area (TPSA) is 65.2 Å². The van der Waals surface area contributed by atoms with E-state index in [1.54, 1.807) is 11.9 Å². The van der Waals surface area contributed by atoms with Crippen LogP contribution in [0.2, 0.25) is 0 Å². The highest BCUT2D eigenvalue weighted by molar-refractivity contribution is 5.92. The number of nitrogens with one attached hydrogen (secondary N) is 2. The van der Waals surface area contributed by atoms with E-state index in [9.17, 15) is 22.8 Å². The van der Waals surface area contributed by atoms with E-state index in [1.807, 2.05) is 35.3 Å². The van der Waals surface area contributed by atoms with Crippen LogP contribution in [0, 0.1) is 0 Å². The third-order valence-corrected chi connectivity index (χ3v) is 3.21. The fraction of sp³-hybridized carbons (Fsp3) is 0.250. The molecular formula is C16H16F3N3O2. The van der Waals surface area contributed by atoms with Gasteiger partial charge in [-0.05, 0) is 18.7 Å². The molecule has 24 heavy (non-hydrogen) atoms. The predicted molar refractivity (Wildman–Crippen MR) is 83.5 cm³/mol. The average Bonchev–Trinajstić information content (AvgIpc) is 2.49. The monoisotopic (exact) mass is 339 g/mol. The number of rotatable bonds is 5. The van der Waals surface area contributed by atoms with Crippen LogP contribution in [0.3, 0.4) is 0 Å². The maximum absolute atomic E-state index is 12.6. The van der Waals surface area contributed by atoms with Gasteiger partial charge in [-0.1, -0.05) is 30.3 Å². The molecule has 1 amide bonds. The first kappa shape index (κ1) is 17.7. The summed E-state index contributed by atoms with van der Waals surface area (Å²) in [5, 5.41) is 2.22. The van der Waals surface area contributed by atoms with Crippen LogP contribution in [0.1, 0.15) is 11.1 Å². The molecular weight excluding hydrogens is 323 g/mol. The van der Waals surface area contributed by atoms with Crippen molar-refractivity contribution in [1.29, 1.82) is 0 Å². The molecule has 0 aliphatic rings. The number of nitrogens with zero attached hydrogens (tertiary/aromatic N) is 1. The Balaban J connectivity index is 2.00. The minimum atomic E-state index is -4.60. The lowest BCUT2D eigenvalue weighted by atomic mass is 10.2. The molecule has 0 atom stereocenters. The number of likely N-dealkylation sites (N-methyl/N-ethyl adjacent to an activating group) is 1. The van der Waals surface area contributed by atoms with E-state index < -0.39 is 28.9 Å². The number of benzene rings is 1. The van der Waals surface area contributed by atoms with Gasteiger partial charge in [-0.15, -0.1) is 0 Å². The van der Waals surface area contributed by atoms with Crippen molar-refractivity contribution in [3.8, 4) is 0 Å². The summed E-state index contributed by atoms with van der Waals surface area (Å²) < 4.78 is 37.9. The fourth-order valence-electron chi connectivity index (χ4n) is 2.13. The van der Waals surface area contributed by atoms with Crippen molar-refractivity contribution in [3.63, 3.8) is 0 Å². The van der Waals surface area contributed by atoms with Crippen molar-refractivity contribution < 1.29 is 18.0 Å². The van der Waals surface area contributed by atoms with Crippen LogP contribution in [-0.2, 0) is 17.5 Å². The van der Waals surface area contributed by atoms with Crippen molar-refractivity contribution >= 4 is 11.6 Å². The highest BCUT2D eigenvalue weighted by atomic mass is 19.4. The van der Waals surface area contributed by atoms with E-state index in [4.69, 9.17) is 0 Å². The molecule has 0 saturated heterocycles. The minimum Gasteiger partial charge on any atom is -0.327 e. The third kappa shape index (κ3) is 4.95. The van der Waals surface area contributed by atoms with E-state index >= 15 is 0 Å². The van der Waals surface area contributed by atoms with Gasteiger partial charge in [0.05, 0.1) is 12.1 Å². The van der Waals surface area contributed by atoms with Crippen molar-refractivity contribution in [2.45, 2.75) is 12.7 Å². The highest BCUT2D eigenvalue weighted by Gasteiger charge is 2.31. The van der Waals surface area contributed by atoms with Crippen LogP contribution in [0.15, 0.2) is 47.4 Å². The van der Waals surface area contributed by atoms with Gasteiger partial charge in [-0.25, -0.2) is 0 Å². The number of amides is 1. The second-order valence-electron chi connectivity index (χ2n) is 5.33. The summed E-state index contributed by atoms with van der Waals surface area (Å²) in [6.45, 7) is 0.428. The summed E-state index contributed by atoms with van der Waals surface area (Å²) in [6.07, 6.45) is -4.03. The molecule has 0 unspecified atom stereocenters. The Morgan fingerprint density at radius 2 is 1.92 bits per heavy atom. The molecule has 0 radical (unpaired) electrons. The van der Waals surface area contributed by atoms with E-state index in [0.29, 0.717) is 18.8 Å². The second-order valence-corrected chi connectivity index (χ2v) is 5.33. The number of halogens is 3. The Bertz CT molecular complexity index is 757. The SMILES string of the molecule is CN(CC(=O)Nc1cc(C(F)(F)F)c[nH]c1=O)Cc1ccccc1. The molecule has 128 valence electrons. The molecule has 0 saturated carbocycles. The van der Waals surface area contributed by atoms with Crippen LogP contribution >= 0.6 is 0 Å². The van der Waals surface area contributed by atoms with Crippen LogP contribution in [0.5, 0.6) is 0 Å². The number of pyridine rings is 1. The molecule has 0 aliphatic carbocycles. The van der Waals surface area contributed by atoms with Gasteiger partial charge in [0.2, 0.25) is 5.91 Å². The zero-order valence-electron chi connectivity index (χ0n) is 12.9. The molecule has 2 N–H and O–H groups in total. The third-order valence-electron chi connectivity index (χ3n) is 3.21. The number of alkyl halides is 3. The molecule has 1 heterocycles. The molecule has 2 aromatic rings. The van der Waals surface area contributed by atoms with Gasteiger partial charge < -0.3 is 10.3 Å². The lowest BCUT2D eigenvalue weighted by molar-refractivity contribution is -0.137. The van der Waals surface area contributed by atoms with E-state index in [2.05, 4.69) is 5.32 Å². The summed E-state index contributed by atoms with van der Waals surface area (Å²) >= 11 is 0. The van der Waals surface area contributed by atoms with Gasteiger partial charge in [-0.2, -0.15) is 13.2 Å². The lowest BCUT2D eigenvalue weighted by Crippen LogP contribution is -2.31. The normalized spacial score (nSPS) is 11.5. The Morgan fingerprint density at radius 1 is 1.25 bits per heavy atom. The summed E-state index contributed by atoms with van der Waals surface area (Å²) in [6, 6.07) is 10.0. The Kier molecular flexibility index (Phi) is 5.40. The molecule has 1 aromatic heterocycles. The number of aromatic amines is 1. The van der Waals surface area contributed by atoms with E-state index in [1.165, 1.54) is 0 Å². The highest BCUT2D eigenvalue weighted by Crippen LogP contribution is 2.29. The zero-order valence-corrected chi connectivity index (χ0v) is 12.9. The molecule has 1 aromatic carbocycles. The Morgan fingerprint density at radius 3 is 2.54 bits per heavy atom. The number of aromatic nitrogens is 1. The molecule has 2 rings (SSSR count). The molecule has 8 heteroatoms. The summed E-state index contributed by atoms with van der Waals surface area (Å²) in [4.78, 5) is 27.2. The smallest absolute Gasteiger partial charge is 0.327 e. The van der Waals surface area contributed by atoms with Crippen molar-refractivity contribution in [2.24, 2.45) is 0 Å². The van der Waals surface area contributed by atoms with Crippen molar-refractivity contribution in [1.82, 2.24) is 9.88 Å². The van der Waals surface area contributed by atoms with E-state index in [-0.39, 0.29) is 6.54 Å². The Labute approximate surface area is 136 Å². The van der Waals surface area contributed by atoms with Gasteiger partial charge in [0.15, 0.2) is 0 Å². The first-order valence-corrected chi connectivity index (χ1v) is 7.08. The van der Waals surface area contributed by atoms with Gasteiger partial charge in [-0.3, -0.25) is 14.5 Å². The van der Waals surface area contributed by atoms with E-state index in [0.717, 1.165) is 5.56 Å². The van der Waals surface area contributed by atoms with Crippen LogP contribution in [0.25, 0.3) is 0 Å². The fourth-order valence-corrected chi connectivity index (χ4v) is 2.13. The maximum Gasteiger partial charge on any atom is 0.417 e. The number of carbonyl (C=O) groups excluding carboxylic acids is 1. The summed E-state index contributed by atoms with van der Waals surface area (Å²) in [5.41, 5.74) is -1.26. The van der Waals surface area contributed by atoms with Crippen LogP contribution < -0.4 is 10.9 Å². The predicted octanol–water partition coefficient (Wildman–Crippen LogP) is 2.46. The van der Waals surface area contributed by atoms with Crippen LogP contribution in [-0.4, -0.2) is 29.4 Å². The van der Waals surface area contributed by atoms with Gasteiger partial charge >= 0.3 is 6.18 Å². The largest absolute Gasteiger partial charge is 0.417 e. The number of H-pyrrole nitrogens is 1. The van der Waals surface area contributed by atoms with Crippen molar-refractivity contribution in [2.75, 3.05) is 18.9 Å². The quantitative estimate of drug-likeness (QED) is 0.879. The minimum absolute atomic E-state index is 0.0649. The number of carbonyl (C=O) groups is 1. The Hall–Kier alpha value is -2.61. The van der Waals surface area contributed by atoms with Gasteiger partial charge in [0, 0.05) is 12.7 Å². The molecule has 0 fully saturated rings. The summed E-state index contributed by atoms with van der Waals surface area (Å²) in [5.74, 6) is -0.571. The summed E-state index contributed by atoms with van der Waals surface area (Å²) in [7, 11) is 1.70. The maximum atomic E-state index is 12.6. The standard InChI is InChI=1S/C16H16F3N3O2/c1-22(9-11-5-3-2-4-6-11)10-14(23)21-13-7-12(16(17,18)19)8-20-15(13)24/h2-8H,9-10H2,1H3,(H,20,24)(H,21,23). The first-order chi connectivity index (χ1) is 11.3. The second kappa shape index (κ2) is 7.31. The van der Waals surface area contributed by atoms with Crippen molar-refractivity contribution in [3.05, 3.63) is 64.1 Å².